The van der Waals surface area contributed by atoms with Crippen LogP contribution in [0.25, 0.3) is 0 Å². The number of nitrogens with zero attached hydrogens (tertiary/aromatic N) is 2. The van der Waals surface area contributed by atoms with Gasteiger partial charge in [-0.2, -0.15) is 13.2 Å². The maximum atomic E-state index is 12.7. The van der Waals surface area contributed by atoms with Crippen molar-refractivity contribution in [3.8, 4) is 0 Å². The van der Waals surface area contributed by atoms with Crippen molar-refractivity contribution in [2.75, 3.05) is 11.9 Å². The summed E-state index contributed by atoms with van der Waals surface area (Å²) < 4.78 is 39.9. The van der Waals surface area contributed by atoms with Crippen LogP contribution in [0, 0.1) is 0 Å². The summed E-state index contributed by atoms with van der Waals surface area (Å²) in [5.41, 5.74) is 5.40. The van der Waals surface area contributed by atoms with E-state index in [-0.39, 0.29) is 10.6 Å². The van der Waals surface area contributed by atoms with Crippen LogP contribution in [-0.2, 0) is 12.7 Å². The van der Waals surface area contributed by atoms with Gasteiger partial charge in [-0.1, -0.05) is 12.2 Å². The van der Waals surface area contributed by atoms with E-state index in [1.54, 1.807) is 18.7 Å². The number of hydrogen-bond donors (Lipinski definition) is 2. The molecular weight excluding hydrogens is 301 g/mol. The minimum absolute atomic E-state index is 0.0776. The molecule has 0 aliphatic carbocycles. The van der Waals surface area contributed by atoms with E-state index in [0.717, 1.165) is 12.1 Å². The summed E-state index contributed by atoms with van der Waals surface area (Å²) in [7, 11) is 0. The molecule has 0 atom stereocenters. The number of nitrogens with two attached hydrogens (primary N) is 1. The van der Waals surface area contributed by atoms with E-state index in [1.165, 1.54) is 6.07 Å². The van der Waals surface area contributed by atoms with Crippen LogP contribution >= 0.6 is 12.2 Å². The van der Waals surface area contributed by atoms with Crippen LogP contribution in [0.15, 0.2) is 36.9 Å². The van der Waals surface area contributed by atoms with E-state index < -0.39 is 11.7 Å². The SMILES string of the molecule is NC(=S)c1cc(C(F)(F)F)ccc1NCCn1ccnc1. The number of aromatic nitrogens is 2. The number of rotatable bonds is 5. The van der Waals surface area contributed by atoms with Crippen molar-refractivity contribution in [3.63, 3.8) is 0 Å². The summed E-state index contributed by atoms with van der Waals surface area (Å²) in [5.74, 6) is 0. The summed E-state index contributed by atoms with van der Waals surface area (Å²) in [6.45, 7) is 1.13. The Morgan fingerprint density at radius 1 is 1.38 bits per heavy atom. The molecule has 0 bridgehead atoms. The molecule has 2 aromatic rings. The number of imidazole rings is 1. The van der Waals surface area contributed by atoms with Crippen LogP contribution in [0.5, 0.6) is 0 Å². The second-order valence-electron chi connectivity index (χ2n) is 4.35. The molecule has 0 spiro atoms. The smallest absolute Gasteiger partial charge is 0.389 e. The third kappa shape index (κ3) is 3.94. The molecule has 1 aromatic carbocycles. The lowest BCUT2D eigenvalue weighted by Crippen LogP contribution is -2.17. The standard InChI is InChI=1S/C13H13F3N4S/c14-13(15,16)9-1-2-11(10(7-9)12(17)21)19-4-6-20-5-3-18-8-20/h1-3,5,7-8,19H,4,6H2,(H2,17,21). The minimum Gasteiger partial charge on any atom is -0.389 e. The van der Waals surface area contributed by atoms with E-state index in [9.17, 15) is 13.2 Å². The summed E-state index contributed by atoms with van der Waals surface area (Å²) in [6.07, 6.45) is 0.680. The third-order valence-corrected chi connectivity index (χ3v) is 3.08. The van der Waals surface area contributed by atoms with Crippen molar-refractivity contribution < 1.29 is 13.2 Å². The first-order chi connectivity index (χ1) is 9.88. The Labute approximate surface area is 124 Å². The van der Waals surface area contributed by atoms with Gasteiger partial charge in [0, 0.05) is 36.7 Å². The molecule has 112 valence electrons. The van der Waals surface area contributed by atoms with Gasteiger partial charge in [-0.05, 0) is 18.2 Å². The van der Waals surface area contributed by atoms with Crippen LogP contribution in [0.3, 0.4) is 0 Å². The summed E-state index contributed by atoms with van der Waals surface area (Å²) in [4.78, 5) is 3.82. The van der Waals surface area contributed by atoms with Gasteiger partial charge in [-0.3, -0.25) is 0 Å². The van der Waals surface area contributed by atoms with Gasteiger partial charge in [0.15, 0.2) is 0 Å². The van der Waals surface area contributed by atoms with Gasteiger partial charge >= 0.3 is 6.18 Å². The number of nitrogens with one attached hydrogen (secondary N) is 1. The number of hydrogen-bond acceptors (Lipinski definition) is 3. The first kappa shape index (κ1) is 15.3. The van der Waals surface area contributed by atoms with Crippen molar-refractivity contribution in [2.24, 2.45) is 5.73 Å². The summed E-state index contributed by atoms with van der Waals surface area (Å²) in [6, 6.07) is 3.30. The molecule has 0 amide bonds. The number of thiocarbonyl (C=S) groups is 1. The highest BCUT2D eigenvalue weighted by Crippen LogP contribution is 2.31. The maximum absolute atomic E-state index is 12.7. The zero-order valence-corrected chi connectivity index (χ0v) is 11.7. The van der Waals surface area contributed by atoms with Crippen LogP contribution in [0.1, 0.15) is 11.1 Å². The van der Waals surface area contributed by atoms with Gasteiger partial charge in [0.2, 0.25) is 0 Å². The maximum Gasteiger partial charge on any atom is 0.416 e. The molecule has 1 heterocycles. The zero-order valence-electron chi connectivity index (χ0n) is 10.9. The topological polar surface area (TPSA) is 55.9 Å². The molecule has 2 rings (SSSR count). The average molecular weight is 314 g/mol. The molecule has 0 unspecified atom stereocenters. The van der Waals surface area contributed by atoms with E-state index in [0.29, 0.717) is 18.8 Å². The highest BCUT2D eigenvalue weighted by atomic mass is 32.1. The molecule has 8 heteroatoms. The van der Waals surface area contributed by atoms with Crippen molar-refractivity contribution in [1.82, 2.24) is 9.55 Å². The Balaban J connectivity index is 2.13. The molecule has 0 fully saturated rings. The first-order valence-corrected chi connectivity index (χ1v) is 6.49. The molecule has 21 heavy (non-hydrogen) atoms. The quantitative estimate of drug-likeness (QED) is 0.833. The predicted molar refractivity (Wildman–Crippen MR) is 78.0 cm³/mol. The Kier molecular flexibility index (Phi) is 4.46. The van der Waals surface area contributed by atoms with E-state index >= 15 is 0 Å². The lowest BCUT2D eigenvalue weighted by atomic mass is 10.1. The number of halogens is 3. The predicted octanol–water partition coefficient (Wildman–Crippen LogP) is 2.65. The van der Waals surface area contributed by atoms with Crippen LogP contribution in [0.4, 0.5) is 18.9 Å². The van der Waals surface area contributed by atoms with Crippen molar-refractivity contribution in [2.45, 2.75) is 12.7 Å². The fraction of sp³-hybridized carbons (Fsp3) is 0.231. The Bertz CT molecular complexity index is 623. The third-order valence-electron chi connectivity index (χ3n) is 2.86. The number of alkyl halides is 3. The normalized spacial score (nSPS) is 11.4. The van der Waals surface area contributed by atoms with E-state index in [2.05, 4.69) is 10.3 Å². The van der Waals surface area contributed by atoms with Crippen molar-refractivity contribution in [1.29, 1.82) is 0 Å². The molecule has 3 N–H and O–H groups in total. The van der Waals surface area contributed by atoms with Crippen LogP contribution in [-0.4, -0.2) is 21.1 Å². The zero-order chi connectivity index (χ0) is 15.5. The van der Waals surface area contributed by atoms with Gasteiger partial charge in [-0.15, -0.1) is 0 Å². The molecule has 0 saturated heterocycles. The lowest BCUT2D eigenvalue weighted by molar-refractivity contribution is -0.137. The first-order valence-electron chi connectivity index (χ1n) is 6.08. The summed E-state index contributed by atoms with van der Waals surface area (Å²) in [5, 5.41) is 3.03. The lowest BCUT2D eigenvalue weighted by Gasteiger charge is -2.14. The second kappa shape index (κ2) is 6.13. The largest absolute Gasteiger partial charge is 0.416 e. The van der Waals surface area contributed by atoms with Gasteiger partial charge < -0.3 is 15.6 Å². The molecule has 0 aliphatic rings. The molecule has 1 aromatic heterocycles. The summed E-state index contributed by atoms with van der Waals surface area (Å²) >= 11 is 4.82. The van der Waals surface area contributed by atoms with Crippen molar-refractivity contribution in [3.05, 3.63) is 48.0 Å². The van der Waals surface area contributed by atoms with Crippen LogP contribution < -0.4 is 11.1 Å². The highest BCUT2D eigenvalue weighted by molar-refractivity contribution is 7.80. The van der Waals surface area contributed by atoms with E-state index in [1.807, 2.05) is 4.57 Å². The molecule has 0 saturated carbocycles. The van der Waals surface area contributed by atoms with Gasteiger partial charge in [0.25, 0.3) is 0 Å². The second-order valence-corrected chi connectivity index (χ2v) is 4.79. The fourth-order valence-corrected chi connectivity index (χ4v) is 1.99. The minimum atomic E-state index is -4.42. The molecule has 0 radical (unpaired) electrons. The molecular formula is C13H13F3N4S. The fourth-order valence-electron chi connectivity index (χ4n) is 1.82. The van der Waals surface area contributed by atoms with Gasteiger partial charge in [-0.25, -0.2) is 4.98 Å². The molecule has 4 nitrogen and oxygen atoms in total. The monoisotopic (exact) mass is 314 g/mol. The van der Waals surface area contributed by atoms with Crippen molar-refractivity contribution >= 4 is 22.9 Å². The Hall–Kier alpha value is -2.09. The van der Waals surface area contributed by atoms with E-state index in [4.69, 9.17) is 18.0 Å². The Morgan fingerprint density at radius 2 is 2.14 bits per heavy atom. The van der Waals surface area contributed by atoms with Crippen LogP contribution in [0.2, 0.25) is 0 Å². The van der Waals surface area contributed by atoms with Gasteiger partial charge in [0.1, 0.15) is 4.99 Å². The molecule has 0 aliphatic heterocycles. The van der Waals surface area contributed by atoms with Gasteiger partial charge in [0.05, 0.1) is 11.9 Å². The highest BCUT2D eigenvalue weighted by Gasteiger charge is 2.31. The number of benzene rings is 1. The Morgan fingerprint density at radius 3 is 2.71 bits per heavy atom. The average Bonchev–Trinajstić information content (AvgIpc) is 2.90. The number of anilines is 1.